The molecule has 5 rings (SSSR count). The van der Waals surface area contributed by atoms with Crippen LogP contribution in [0.3, 0.4) is 0 Å². The van der Waals surface area contributed by atoms with Gasteiger partial charge in [0.25, 0.3) is 11.8 Å². The summed E-state index contributed by atoms with van der Waals surface area (Å²) in [6, 6.07) is 7.56. The van der Waals surface area contributed by atoms with Crippen LogP contribution in [0, 0.1) is 11.3 Å². The fraction of sp³-hybridized carbons (Fsp3) is 0.595. The highest BCUT2D eigenvalue weighted by Gasteiger charge is 2.47. The van der Waals surface area contributed by atoms with Gasteiger partial charge < -0.3 is 30.2 Å². The second-order valence-electron chi connectivity index (χ2n) is 14.6. The van der Waals surface area contributed by atoms with E-state index >= 15 is 0 Å². The Bertz CT molecular complexity index is 1760. The van der Waals surface area contributed by atoms with Crippen LogP contribution in [0.15, 0.2) is 30.5 Å². The Morgan fingerprint density at radius 3 is 2.05 bits per heavy atom. The zero-order valence-electron chi connectivity index (χ0n) is 31.6. The highest BCUT2D eigenvalue weighted by atomic mass is 19.3. The number of aliphatic carboxylic acids is 2. The average molecular weight is 785 g/mol. The van der Waals surface area contributed by atoms with Crippen molar-refractivity contribution >= 4 is 46.3 Å². The number of aromatic nitrogens is 1. The minimum atomic E-state index is -3.15. The molecule has 304 valence electrons. The first-order valence-corrected chi connectivity index (χ1v) is 18.8. The highest BCUT2D eigenvalue weighted by Crippen LogP contribution is 2.31. The van der Waals surface area contributed by atoms with Crippen molar-refractivity contribution in [3.63, 3.8) is 0 Å². The van der Waals surface area contributed by atoms with Gasteiger partial charge in [0.05, 0.1) is 49.9 Å². The molecule has 0 aliphatic carbocycles. The van der Waals surface area contributed by atoms with Gasteiger partial charge in [-0.05, 0) is 37.2 Å². The number of piperazine rings is 1. The predicted octanol–water partition coefficient (Wildman–Crippen LogP) is -0.216. The van der Waals surface area contributed by atoms with Crippen LogP contribution in [-0.2, 0) is 19.2 Å². The van der Waals surface area contributed by atoms with Crippen LogP contribution < -0.4 is 10.2 Å². The van der Waals surface area contributed by atoms with Crippen LogP contribution >= 0.6 is 0 Å². The number of pyridine rings is 1. The maximum atomic E-state index is 13.8. The molecule has 1 aromatic heterocycles. The van der Waals surface area contributed by atoms with Crippen LogP contribution in [-0.4, -0.2) is 205 Å². The molecule has 3 aliphatic heterocycles. The topological polar surface area (TPSA) is 197 Å². The summed E-state index contributed by atoms with van der Waals surface area (Å²) in [6.07, 6.45) is 1.58. The summed E-state index contributed by atoms with van der Waals surface area (Å²) in [5, 5.41) is 30.9. The van der Waals surface area contributed by atoms with E-state index in [1.54, 1.807) is 21.9 Å². The van der Waals surface area contributed by atoms with Crippen molar-refractivity contribution in [2.24, 2.45) is 0 Å². The van der Waals surface area contributed by atoms with Gasteiger partial charge in [0.2, 0.25) is 11.8 Å². The molecule has 4 heterocycles. The van der Waals surface area contributed by atoms with Crippen molar-refractivity contribution in [3.8, 4) is 6.07 Å². The molecule has 17 nitrogen and oxygen atoms in total. The zero-order chi connectivity index (χ0) is 40.4. The third kappa shape index (κ3) is 11.7. The number of hydrogen-bond acceptors (Lipinski definition) is 12. The summed E-state index contributed by atoms with van der Waals surface area (Å²) in [4.78, 5) is 78.7. The maximum absolute atomic E-state index is 13.8. The van der Waals surface area contributed by atoms with E-state index in [1.165, 1.54) is 12.3 Å². The first-order valence-electron chi connectivity index (χ1n) is 18.8. The largest absolute Gasteiger partial charge is 0.480 e. The second-order valence-corrected chi connectivity index (χ2v) is 14.6. The van der Waals surface area contributed by atoms with E-state index in [2.05, 4.69) is 20.1 Å². The molecular weight excluding hydrogens is 734 g/mol. The van der Waals surface area contributed by atoms with Gasteiger partial charge >= 0.3 is 11.9 Å². The number of carboxylic acids is 2. The number of amides is 3. The van der Waals surface area contributed by atoms with Crippen molar-refractivity contribution in [2.45, 2.75) is 24.8 Å². The van der Waals surface area contributed by atoms with Crippen molar-refractivity contribution in [1.82, 2.24) is 39.7 Å². The average Bonchev–Trinajstić information content (AvgIpc) is 3.53. The Hall–Kier alpha value is -5.03. The van der Waals surface area contributed by atoms with Crippen LogP contribution in [0.4, 0.5) is 14.5 Å². The third-order valence-electron chi connectivity index (χ3n) is 10.5. The Labute approximate surface area is 324 Å². The number of nitrogens with zero attached hydrogens (tertiary/aromatic N) is 9. The molecule has 19 heteroatoms. The number of fused-ring (bicyclic) bond motifs is 1. The molecule has 3 fully saturated rings. The fourth-order valence-electron chi connectivity index (χ4n) is 7.33. The van der Waals surface area contributed by atoms with Gasteiger partial charge in [0, 0.05) is 103 Å². The number of hydrogen-bond donors (Lipinski definition) is 3. The van der Waals surface area contributed by atoms with Gasteiger partial charge in [-0.1, -0.05) is 0 Å². The van der Waals surface area contributed by atoms with Crippen LogP contribution in [0.5, 0.6) is 0 Å². The number of anilines is 1. The third-order valence-corrected chi connectivity index (χ3v) is 10.5. The molecule has 1 aromatic carbocycles. The standard InChI is InChI=1S/C37H50F2N10O7/c1-43(27-3-4-31-30(19-27)29(5-6-41-31)36(56)42-22-32(50)49-26-37(38,39)20-28(49)21-40)7-2-8-44-15-17-48(18-16-44)33(51)23-45-9-11-46(24-34(52)53)13-14-47(12-10-45)25-35(54)55/h3-6,19,28H,2,7-18,20,22-26H2,1H3,(H,42,56)(H,52,53)(H,54,55)/t28-/m0/s1. The van der Waals surface area contributed by atoms with E-state index in [1.807, 2.05) is 29.0 Å². The second kappa shape index (κ2) is 19.2. The monoisotopic (exact) mass is 784 g/mol. The van der Waals surface area contributed by atoms with Crippen LogP contribution in [0.25, 0.3) is 10.9 Å². The van der Waals surface area contributed by atoms with Crippen molar-refractivity contribution in [3.05, 3.63) is 36.0 Å². The number of carbonyl (C=O) groups excluding carboxylic acids is 3. The fourth-order valence-corrected chi connectivity index (χ4v) is 7.33. The Morgan fingerprint density at radius 1 is 0.875 bits per heavy atom. The Morgan fingerprint density at radius 2 is 1.46 bits per heavy atom. The molecule has 3 aliphatic rings. The molecule has 0 spiro atoms. The summed E-state index contributed by atoms with van der Waals surface area (Å²) in [5.74, 6) is -6.38. The lowest BCUT2D eigenvalue weighted by atomic mass is 10.1. The van der Waals surface area contributed by atoms with Gasteiger partial charge in [0.1, 0.15) is 6.04 Å². The van der Waals surface area contributed by atoms with E-state index in [0.29, 0.717) is 82.9 Å². The van der Waals surface area contributed by atoms with Crippen molar-refractivity contribution < 1.29 is 43.0 Å². The van der Waals surface area contributed by atoms with Crippen LogP contribution in [0.1, 0.15) is 23.2 Å². The van der Waals surface area contributed by atoms with E-state index in [-0.39, 0.29) is 31.1 Å². The lowest BCUT2D eigenvalue weighted by Gasteiger charge is -2.36. The Balaban J connectivity index is 1.08. The van der Waals surface area contributed by atoms with Gasteiger partial charge in [-0.3, -0.25) is 48.6 Å². The number of benzene rings is 1. The molecule has 0 radical (unpaired) electrons. The quantitative estimate of drug-likeness (QED) is 0.228. The lowest BCUT2D eigenvalue weighted by Crippen LogP contribution is -2.52. The number of alkyl halides is 2. The summed E-state index contributed by atoms with van der Waals surface area (Å²) in [6.45, 7) is 5.42. The summed E-state index contributed by atoms with van der Waals surface area (Å²) in [5.41, 5.74) is 1.69. The number of carboxylic acid groups (broad SMARTS) is 2. The summed E-state index contributed by atoms with van der Waals surface area (Å²) < 4.78 is 27.6. The highest BCUT2D eigenvalue weighted by molar-refractivity contribution is 6.07. The zero-order valence-corrected chi connectivity index (χ0v) is 31.6. The molecule has 0 bridgehead atoms. The molecule has 0 saturated carbocycles. The molecule has 3 amide bonds. The molecular formula is C37H50F2N10O7. The maximum Gasteiger partial charge on any atom is 0.317 e. The first-order chi connectivity index (χ1) is 26.7. The molecule has 2 aromatic rings. The summed E-state index contributed by atoms with van der Waals surface area (Å²) in [7, 11) is 1.94. The number of carbonyl (C=O) groups is 5. The van der Waals surface area contributed by atoms with Crippen molar-refractivity contribution in [2.75, 3.05) is 123 Å². The minimum Gasteiger partial charge on any atom is -0.480 e. The van der Waals surface area contributed by atoms with Crippen LogP contribution in [0.2, 0.25) is 0 Å². The van der Waals surface area contributed by atoms with Gasteiger partial charge in [-0.15, -0.1) is 0 Å². The Kier molecular flexibility index (Phi) is 14.5. The molecule has 3 saturated heterocycles. The number of rotatable bonds is 14. The summed E-state index contributed by atoms with van der Waals surface area (Å²) >= 11 is 0. The smallest absolute Gasteiger partial charge is 0.317 e. The van der Waals surface area contributed by atoms with Gasteiger partial charge in [-0.25, -0.2) is 8.78 Å². The minimum absolute atomic E-state index is 0.00692. The van der Waals surface area contributed by atoms with Gasteiger partial charge in [0.15, 0.2) is 0 Å². The molecule has 56 heavy (non-hydrogen) atoms. The molecule has 0 unspecified atom stereocenters. The number of nitrogens with one attached hydrogen (secondary N) is 1. The van der Waals surface area contributed by atoms with E-state index < -0.39 is 55.2 Å². The van der Waals surface area contributed by atoms with E-state index in [0.717, 1.165) is 23.6 Å². The SMILES string of the molecule is CN(CCCN1CCN(C(=O)CN2CCN(CC(=O)O)CCN(CC(=O)O)CC2)CC1)c1ccc2nccc(C(=O)NCC(=O)N3CC(F)(F)C[C@H]3C#N)c2c1. The van der Waals surface area contributed by atoms with Crippen molar-refractivity contribution in [1.29, 1.82) is 5.26 Å². The van der Waals surface area contributed by atoms with E-state index in [4.69, 9.17) is 0 Å². The van der Waals surface area contributed by atoms with Gasteiger partial charge in [-0.2, -0.15) is 5.26 Å². The molecule has 1 atom stereocenters. The number of likely N-dealkylation sites (tertiary alicyclic amines) is 1. The predicted molar refractivity (Wildman–Crippen MR) is 200 cm³/mol. The number of nitriles is 1. The lowest BCUT2D eigenvalue weighted by molar-refractivity contribution is -0.140. The normalized spacial score (nSPS) is 20.1. The van der Waals surface area contributed by atoms with E-state index in [9.17, 15) is 48.2 Å². The number of halogens is 2. The molecule has 3 N–H and O–H groups in total. The first kappa shape index (κ1) is 42.1.